The molecule has 0 saturated carbocycles. The molecule has 2 aliphatic carbocycles. The molecule has 0 fully saturated rings. The van der Waals surface area contributed by atoms with Crippen LogP contribution in [0.5, 0.6) is 0 Å². The van der Waals surface area contributed by atoms with Gasteiger partial charge in [0.2, 0.25) is 0 Å². The van der Waals surface area contributed by atoms with Crippen LogP contribution in [-0.4, -0.2) is 0 Å². The predicted octanol–water partition coefficient (Wildman–Crippen LogP) is 4.23. The molecular formula is C10H14FO3P. The molecule has 0 unspecified atom stereocenters. The third-order valence-electron chi connectivity index (χ3n) is 2.45. The monoisotopic (exact) mass is 232 g/mol. The van der Waals surface area contributed by atoms with Crippen molar-refractivity contribution in [3.63, 3.8) is 0 Å². The molecule has 2 aliphatic rings. The van der Waals surface area contributed by atoms with Crippen molar-refractivity contribution in [2.75, 3.05) is 0 Å². The molecule has 0 amide bonds. The lowest BCUT2D eigenvalue weighted by atomic mass is 10.4. The van der Waals surface area contributed by atoms with Gasteiger partial charge in [-0.3, -0.25) is 0 Å². The van der Waals surface area contributed by atoms with Gasteiger partial charge in [-0.05, 0) is 37.8 Å². The maximum Gasteiger partial charge on any atom is 0.628 e. The van der Waals surface area contributed by atoms with E-state index in [9.17, 15) is 8.76 Å². The van der Waals surface area contributed by atoms with Gasteiger partial charge in [-0.1, -0.05) is 0 Å². The fourth-order valence-corrected chi connectivity index (χ4v) is 2.68. The summed E-state index contributed by atoms with van der Waals surface area (Å²) in [6.07, 6.45) is 8.40. The van der Waals surface area contributed by atoms with Crippen molar-refractivity contribution in [1.29, 1.82) is 0 Å². The van der Waals surface area contributed by atoms with Gasteiger partial charge >= 0.3 is 7.91 Å². The Bertz CT molecular complexity index is 319. The summed E-state index contributed by atoms with van der Waals surface area (Å²) in [4.78, 5) is 0. The zero-order valence-electron chi connectivity index (χ0n) is 8.45. The second-order valence-corrected chi connectivity index (χ2v) is 4.96. The quantitative estimate of drug-likeness (QED) is 0.680. The fourth-order valence-electron chi connectivity index (χ4n) is 1.75. The van der Waals surface area contributed by atoms with Crippen LogP contribution >= 0.6 is 7.91 Å². The summed E-state index contributed by atoms with van der Waals surface area (Å²) in [6, 6.07) is 0. The van der Waals surface area contributed by atoms with E-state index in [1.807, 2.05) is 0 Å². The van der Waals surface area contributed by atoms with Crippen LogP contribution in [-0.2, 0) is 13.6 Å². The summed E-state index contributed by atoms with van der Waals surface area (Å²) in [5.74, 6) is 0.916. The Morgan fingerprint density at radius 1 is 1.07 bits per heavy atom. The Morgan fingerprint density at radius 2 is 1.53 bits per heavy atom. The first-order chi connectivity index (χ1) is 7.16. The first kappa shape index (κ1) is 10.7. The molecule has 2 rings (SSSR count). The van der Waals surface area contributed by atoms with Crippen LogP contribution in [0.25, 0.3) is 0 Å². The predicted molar refractivity (Wildman–Crippen MR) is 54.8 cm³/mol. The largest absolute Gasteiger partial charge is 0.628 e. The standard InChI is InChI=1S/C10H14FO3P/c11-15(12,13-9-5-1-2-6-9)14-10-7-3-4-8-10/h5,7H,1-4,6,8H2. The Hall–Kier alpha value is -0.760. The van der Waals surface area contributed by atoms with Crippen LogP contribution in [0.1, 0.15) is 38.5 Å². The smallest absolute Gasteiger partial charge is 0.397 e. The minimum Gasteiger partial charge on any atom is -0.397 e. The molecule has 0 aromatic rings. The maximum absolute atomic E-state index is 13.4. The van der Waals surface area contributed by atoms with Gasteiger partial charge in [-0.25, -0.2) is 4.57 Å². The number of halogens is 1. The first-order valence-corrected chi connectivity index (χ1v) is 6.66. The van der Waals surface area contributed by atoms with Gasteiger partial charge < -0.3 is 9.05 Å². The van der Waals surface area contributed by atoms with E-state index in [0.717, 1.165) is 25.7 Å². The van der Waals surface area contributed by atoms with Gasteiger partial charge in [0.1, 0.15) is 11.5 Å². The molecule has 0 bridgehead atoms. The number of hydrogen-bond donors (Lipinski definition) is 0. The van der Waals surface area contributed by atoms with Crippen molar-refractivity contribution >= 4 is 7.91 Å². The van der Waals surface area contributed by atoms with Crippen LogP contribution in [0.4, 0.5) is 4.20 Å². The zero-order chi connectivity index (χ0) is 10.7. The summed E-state index contributed by atoms with van der Waals surface area (Å²) in [7, 11) is -4.43. The highest BCUT2D eigenvalue weighted by molar-refractivity contribution is 7.48. The molecule has 0 spiro atoms. The van der Waals surface area contributed by atoms with Crippen LogP contribution in [0.15, 0.2) is 23.7 Å². The number of hydrogen-bond acceptors (Lipinski definition) is 3. The molecule has 5 heteroatoms. The molecule has 0 aliphatic heterocycles. The van der Waals surface area contributed by atoms with Crippen molar-refractivity contribution in [3.8, 4) is 0 Å². The Kier molecular flexibility index (Phi) is 3.15. The van der Waals surface area contributed by atoms with Gasteiger partial charge in [0.15, 0.2) is 0 Å². The minimum absolute atomic E-state index is 0.458. The highest BCUT2D eigenvalue weighted by Crippen LogP contribution is 2.55. The van der Waals surface area contributed by atoms with Crippen molar-refractivity contribution in [3.05, 3.63) is 23.7 Å². The van der Waals surface area contributed by atoms with Crippen LogP contribution in [0, 0.1) is 0 Å². The molecule has 0 aromatic heterocycles. The molecule has 0 atom stereocenters. The Balaban J connectivity index is 1.91. The van der Waals surface area contributed by atoms with Gasteiger partial charge in [-0.15, -0.1) is 4.20 Å². The lowest BCUT2D eigenvalue weighted by Gasteiger charge is -2.12. The van der Waals surface area contributed by atoms with Crippen molar-refractivity contribution in [2.45, 2.75) is 38.5 Å². The topological polar surface area (TPSA) is 35.5 Å². The van der Waals surface area contributed by atoms with Crippen molar-refractivity contribution < 1.29 is 17.8 Å². The van der Waals surface area contributed by atoms with Gasteiger partial charge in [0.25, 0.3) is 0 Å². The SMILES string of the molecule is O=P(F)(OC1=CCCC1)OC1=CCCC1. The zero-order valence-corrected chi connectivity index (χ0v) is 9.34. The van der Waals surface area contributed by atoms with Gasteiger partial charge in [0, 0.05) is 12.8 Å². The summed E-state index contributed by atoms with van der Waals surface area (Å²) < 4.78 is 34.3. The maximum atomic E-state index is 13.4. The summed E-state index contributed by atoms with van der Waals surface area (Å²) in [6.45, 7) is 0. The lowest BCUT2D eigenvalue weighted by Crippen LogP contribution is -1.90. The molecule has 0 radical (unpaired) electrons. The van der Waals surface area contributed by atoms with E-state index in [2.05, 4.69) is 0 Å². The molecule has 0 saturated heterocycles. The third kappa shape index (κ3) is 3.10. The van der Waals surface area contributed by atoms with Crippen LogP contribution in [0.3, 0.4) is 0 Å². The molecular weight excluding hydrogens is 218 g/mol. The van der Waals surface area contributed by atoms with Crippen molar-refractivity contribution in [2.24, 2.45) is 0 Å². The van der Waals surface area contributed by atoms with E-state index in [1.54, 1.807) is 12.2 Å². The molecule has 3 nitrogen and oxygen atoms in total. The van der Waals surface area contributed by atoms with E-state index in [4.69, 9.17) is 9.05 Å². The number of rotatable bonds is 4. The average molecular weight is 232 g/mol. The first-order valence-electron chi connectivity index (χ1n) is 5.23. The summed E-state index contributed by atoms with van der Waals surface area (Å²) >= 11 is 0. The van der Waals surface area contributed by atoms with Gasteiger partial charge in [0.05, 0.1) is 0 Å². The van der Waals surface area contributed by atoms with E-state index in [0.29, 0.717) is 24.4 Å². The molecule has 84 valence electrons. The Morgan fingerprint density at radius 3 is 1.87 bits per heavy atom. The molecule has 15 heavy (non-hydrogen) atoms. The second kappa shape index (κ2) is 4.40. The van der Waals surface area contributed by atoms with E-state index < -0.39 is 7.91 Å². The van der Waals surface area contributed by atoms with E-state index in [1.165, 1.54) is 0 Å². The third-order valence-corrected chi connectivity index (χ3v) is 3.36. The molecule has 0 aromatic carbocycles. The molecule has 0 heterocycles. The normalized spacial score (nSPS) is 21.1. The van der Waals surface area contributed by atoms with Crippen LogP contribution in [0.2, 0.25) is 0 Å². The number of allylic oxidation sites excluding steroid dienone is 4. The van der Waals surface area contributed by atoms with E-state index >= 15 is 0 Å². The van der Waals surface area contributed by atoms with Crippen LogP contribution < -0.4 is 0 Å². The van der Waals surface area contributed by atoms with Crippen molar-refractivity contribution in [1.82, 2.24) is 0 Å². The fraction of sp³-hybridized carbons (Fsp3) is 0.600. The Labute approximate surface area is 88.6 Å². The highest BCUT2D eigenvalue weighted by Gasteiger charge is 2.31. The summed E-state index contributed by atoms with van der Waals surface area (Å²) in [5.41, 5.74) is 0. The van der Waals surface area contributed by atoms with Gasteiger partial charge in [-0.2, -0.15) is 0 Å². The highest BCUT2D eigenvalue weighted by atomic mass is 31.2. The molecule has 0 N–H and O–H groups in total. The summed E-state index contributed by atoms with van der Waals surface area (Å²) in [5, 5.41) is 0. The minimum atomic E-state index is -4.43. The lowest BCUT2D eigenvalue weighted by molar-refractivity contribution is 0.244. The average Bonchev–Trinajstić information content (AvgIpc) is 2.75. The van der Waals surface area contributed by atoms with E-state index in [-0.39, 0.29) is 0 Å². The second-order valence-electron chi connectivity index (χ2n) is 3.74.